The van der Waals surface area contributed by atoms with Gasteiger partial charge in [0.2, 0.25) is 11.8 Å². The van der Waals surface area contributed by atoms with Crippen molar-refractivity contribution in [1.82, 2.24) is 10.2 Å². The van der Waals surface area contributed by atoms with Crippen LogP contribution in [0.3, 0.4) is 0 Å². The monoisotopic (exact) mass is 670 g/mol. The SMILES string of the molecule is COc1ccc(Cl)cc1N(CC(=O)N(Cc1ccc(C)cc1)[C@H](C)C(=O)NC1CCCCC1)S(=O)(=O)c1ccc(C)c([N+](=O)[O-])c1. The van der Waals surface area contributed by atoms with E-state index in [4.69, 9.17) is 16.3 Å². The lowest BCUT2D eigenvalue weighted by molar-refractivity contribution is -0.385. The molecule has 0 bridgehead atoms. The van der Waals surface area contributed by atoms with Gasteiger partial charge in [-0.2, -0.15) is 0 Å². The molecule has 0 aliphatic heterocycles. The van der Waals surface area contributed by atoms with E-state index in [9.17, 15) is 28.1 Å². The van der Waals surface area contributed by atoms with Gasteiger partial charge in [0.25, 0.3) is 15.7 Å². The summed E-state index contributed by atoms with van der Waals surface area (Å²) in [5, 5.41) is 14.9. The van der Waals surface area contributed by atoms with Gasteiger partial charge >= 0.3 is 0 Å². The molecule has 0 unspecified atom stereocenters. The normalized spacial score (nSPS) is 14.3. The summed E-state index contributed by atoms with van der Waals surface area (Å²) in [5.41, 5.74) is 1.61. The zero-order valence-electron chi connectivity index (χ0n) is 26.4. The van der Waals surface area contributed by atoms with Crippen LogP contribution < -0.4 is 14.4 Å². The second kappa shape index (κ2) is 15.0. The molecule has 0 radical (unpaired) electrons. The molecule has 0 heterocycles. The average Bonchev–Trinajstić information content (AvgIpc) is 3.03. The largest absolute Gasteiger partial charge is 0.495 e. The second-order valence-corrected chi connectivity index (χ2v) is 13.9. The Hall–Kier alpha value is -4.16. The van der Waals surface area contributed by atoms with E-state index in [1.165, 1.54) is 49.3 Å². The van der Waals surface area contributed by atoms with Gasteiger partial charge in [0, 0.05) is 29.2 Å². The van der Waals surface area contributed by atoms with Crippen molar-refractivity contribution in [2.75, 3.05) is 18.0 Å². The Labute approximate surface area is 274 Å². The highest BCUT2D eigenvalue weighted by Gasteiger charge is 2.35. The molecule has 1 atom stereocenters. The van der Waals surface area contributed by atoms with Gasteiger partial charge in [0.1, 0.15) is 18.3 Å². The maximum atomic E-state index is 14.3. The van der Waals surface area contributed by atoms with E-state index in [-0.39, 0.29) is 46.2 Å². The fraction of sp³-hybridized carbons (Fsp3) is 0.394. The molecule has 3 aromatic rings. The lowest BCUT2D eigenvalue weighted by Crippen LogP contribution is -2.53. The fourth-order valence-electron chi connectivity index (χ4n) is 5.49. The minimum absolute atomic E-state index is 0.00459. The molecule has 2 amide bonds. The van der Waals surface area contributed by atoms with Crippen molar-refractivity contribution >= 4 is 44.8 Å². The zero-order valence-corrected chi connectivity index (χ0v) is 27.9. The summed E-state index contributed by atoms with van der Waals surface area (Å²) in [7, 11) is -3.27. The van der Waals surface area contributed by atoms with Gasteiger partial charge in [0.05, 0.1) is 22.6 Å². The van der Waals surface area contributed by atoms with Gasteiger partial charge in [-0.1, -0.05) is 66.8 Å². The van der Waals surface area contributed by atoms with Crippen molar-refractivity contribution in [2.24, 2.45) is 0 Å². The summed E-state index contributed by atoms with van der Waals surface area (Å²) in [6.45, 7) is 4.34. The lowest BCUT2D eigenvalue weighted by atomic mass is 9.95. The number of aryl methyl sites for hydroxylation is 2. The summed E-state index contributed by atoms with van der Waals surface area (Å²) < 4.78 is 34.8. The fourth-order valence-corrected chi connectivity index (χ4v) is 7.09. The van der Waals surface area contributed by atoms with Gasteiger partial charge in [-0.05, 0) is 63.4 Å². The van der Waals surface area contributed by atoms with Crippen LogP contribution in [-0.2, 0) is 26.2 Å². The molecule has 13 heteroatoms. The van der Waals surface area contributed by atoms with Crippen molar-refractivity contribution < 1.29 is 27.7 Å². The Bertz CT molecular complexity index is 1690. The average molecular weight is 671 g/mol. The number of carbonyl (C=O) groups excluding carboxylic acids is 2. The highest BCUT2D eigenvalue weighted by Crippen LogP contribution is 2.36. The van der Waals surface area contributed by atoms with E-state index < -0.39 is 38.3 Å². The van der Waals surface area contributed by atoms with Crippen molar-refractivity contribution in [2.45, 2.75) is 76.4 Å². The van der Waals surface area contributed by atoms with E-state index in [0.29, 0.717) is 0 Å². The third kappa shape index (κ3) is 8.16. The van der Waals surface area contributed by atoms with Gasteiger partial charge in [-0.3, -0.25) is 24.0 Å². The number of nitro groups is 1. The van der Waals surface area contributed by atoms with Gasteiger partial charge in [-0.15, -0.1) is 0 Å². The highest BCUT2D eigenvalue weighted by molar-refractivity contribution is 7.92. The van der Waals surface area contributed by atoms with Crippen molar-refractivity contribution in [3.8, 4) is 5.75 Å². The van der Waals surface area contributed by atoms with Crippen LogP contribution in [0.2, 0.25) is 5.02 Å². The number of methoxy groups -OCH3 is 1. The Kier molecular flexibility index (Phi) is 11.3. The summed E-state index contributed by atoms with van der Waals surface area (Å²) in [6.07, 6.45) is 4.84. The van der Waals surface area contributed by atoms with Crippen molar-refractivity contribution in [1.29, 1.82) is 0 Å². The number of anilines is 1. The zero-order chi connectivity index (χ0) is 33.6. The molecule has 0 aromatic heterocycles. The first kappa shape index (κ1) is 34.7. The molecule has 1 aliphatic carbocycles. The van der Waals surface area contributed by atoms with Crippen LogP contribution in [0.25, 0.3) is 0 Å². The van der Waals surface area contributed by atoms with Crippen LogP contribution in [0, 0.1) is 24.0 Å². The van der Waals surface area contributed by atoms with Crippen LogP contribution in [0.15, 0.2) is 65.6 Å². The number of nitrogens with zero attached hydrogens (tertiary/aromatic N) is 3. The maximum absolute atomic E-state index is 14.3. The van der Waals surface area contributed by atoms with E-state index in [2.05, 4.69) is 5.32 Å². The van der Waals surface area contributed by atoms with Gasteiger partial charge < -0.3 is 15.0 Å². The number of rotatable bonds is 12. The Morgan fingerprint density at radius 3 is 2.35 bits per heavy atom. The number of ether oxygens (including phenoxy) is 1. The topological polar surface area (TPSA) is 139 Å². The number of nitro benzene ring substituents is 1. The quantitative estimate of drug-likeness (QED) is 0.186. The van der Waals surface area contributed by atoms with Crippen molar-refractivity contribution in [3.05, 3.63) is 92.5 Å². The number of hydrogen-bond acceptors (Lipinski definition) is 7. The summed E-state index contributed by atoms with van der Waals surface area (Å²) >= 11 is 6.29. The van der Waals surface area contributed by atoms with Crippen LogP contribution in [0.1, 0.15) is 55.7 Å². The van der Waals surface area contributed by atoms with Gasteiger partial charge in [-0.25, -0.2) is 8.42 Å². The third-order valence-corrected chi connectivity index (χ3v) is 10.2. The second-order valence-electron chi connectivity index (χ2n) is 11.6. The Morgan fingerprint density at radius 2 is 1.72 bits per heavy atom. The molecule has 1 saturated carbocycles. The molecule has 3 aromatic carbocycles. The lowest BCUT2D eigenvalue weighted by Gasteiger charge is -2.33. The first-order valence-electron chi connectivity index (χ1n) is 15.1. The molecule has 11 nitrogen and oxygen atoms in total. The van der Waals surface area contributed by atoms with Crippen LogP contribution in [0.5, 0.6) is 5.75 Å². The minimum atomic E-state index is -4.61. The maximum Gasteiger partial charge on any atom is 0.273 e. The first-order chi connectivity index (χ1) is 21.8. The molecule has 0 spiro atoms. The van der Waals surface area contributed by atoms with E-state index in [0.717, 1.165) is 53.6 Å². The van der Waals surface area contributed by atoms with E-state index in [1.54, 1.807) is 6.92 Å². The number of sulfonamides is 1. The smallest absolute Gasteiger partial charge is 0.273 e. The molecule has 1 aliphatic rings. The Morgan fingerprint density at radius 1 is 1.04 bits per heavy atom. The predicted molar refractivity (Wildman–Crippen MR) is 177 cm³/mol. The van der Waals surface area contributed by atoms with Crippen LogP contribution in [0.4, 0.5) is 11.4 Å². The molecule has 1 N–H and O–H groups in total. The summed E-state index contributed by atoms with van der Waals surface area (Å²) in [6, 6.07) is 14.4. The highest BCUT2D eigenvalue weighted by atomic mass is 35.5. The molecule has 0 saturated heterocycles. The van der Waals surface area contributed by atoms with Gasteiger partial charge in [0.15, 0.2) is 0 Å². The van der Waals surface area contributed by atoms with E-state index in [1.807, 2.05) is 31.2 Å². The Balaban J connectivity index is 1.77. The number of halogens is 1. The minimum Gasteiger partial charge on any atom is -0.495 e. The van der Waals surface area contributed by atoms with Crippen LogP contribution in [-0.4, -0.2) is 55.8 Å². The molecular formula is C33H39ClN4O7S. The standard InChI is InChI=1S/C33H39ClN4O7S/c1-22-10-13-25(14-11-22)20-36(24(3)33(40)35-27-8-6-5-7-9-27)32(39)21-37(30-18-26(34)15-17-31(30)45-4)46(43,44)28-16-12-23(2)29(19-28)38(41)42/h10-19,24,27H,5-9,20-21H2,1-4H3,(H,35,40)/t24-/m1/s1. The molecule has 4 rings (SSSR count). The summed E-state index contributed by atoms with van der Waals surface area (Å²) in [5.74, 6) is -0.897. The number of benzene rings is 3. The number of hydrogen-bond donors (Lipinski definition) is 1. The summed E-state index contributed by atoms with van der Waals surface area (Å²) in [4.78, 5) is 39.8. The van der Waals surface area contributed by atoms with Crippen molar-refractivity contribution in [3.63, 3.8) is 0 Å². The first-order valence-corrected chi connectivity index (χ1v) is 16.9. The van der Waals surface area contributed by atoms with Crippen LogP contribution >= 0.6 is 11.6 Å². The molecular weight excluding hydrogens is 632 g/mol. The number of carbonyl (C=O) groups is 2. The molecule has 246 valence electrons. The molecule has 1 fully saturated rings. The molecule has 46 heavy (non-hydrogen) atoms. The number of amides is 2. The number of nitrogens with one attached hydrogen (secondary N) is 1. The predicted octanol–water partition coefficient (Wildman–Crippen LogP) is 5.94. The van der Waals surface area contributed by atoms with E-state index >= 15 is 0 Å². The third-order valence-electron chi connectivity index (χ3n) is 8.25.